The van der Waals surface area contributed by atoms with E-state index in [1.165, 1.54) is 18.6 Å². The highest BCUT2D eigenvalue weighted by Gasteiger charge is 2.16. The van der Waals surface area contributed by atoms with Gasteiger partial charge in [-0.2, -0.15) is 0 Å². The first-order valence-corrected chi connectivity index (χ1v) is 6.30. The molecule has 0 aliphatic carbocycles. The summed E-state index contributed by atoms with van der Waals surface area (Å²) in [5.74, 6) is 1.56. The Hall–Kier alpha value is -2.31. The molecule has 7 nitrogen and oxygen atoms in total. The van der Waals surface area contributed by atoms with E-state index in [1.807, 2.05) is 0 Å². The van der Waals surface area contributed by atoms with Crippen LogP contribution in [0, 0.1) is 0 Å². The number of fused-ring (bicyclic) bond motifs is 1. The molecule has 1 N–H and O–H groups in total. The van der Waals surface area contributed by atoms with Crippen LogP contribution in [0.1, 0.15) is 35.0 Å². The van der Waals surface area contributed by atoms with Gasteiger partial charge in [0.1, 0.15) is 11.5 Å². The Balaban J connectivity index is 1.67. The van der Waals surface area contributed by atoms with E-state index in [0.717, 1.165) is 37.5 Å². The second-order valence-corrected chi connectivity index (χ2v) is 4.41. The topological polar surface area (TPSA) is 85.6 Å². The van der Waals surface area contributed by atoms with E-state index in [9.17, 15) is 4.79 Å². The maximum Gasteiger partial charge on any atom is 0.271 e. The van der Waals surface area contributed by atoms with Gasteiger partial charge in [-0.15, -0.1) is 10.2 Å². The van der Waals surface area contributed by atoms with Gasteiger partial charge >= 0.3 is 0 Å². The van der Waals surface area contributed by atoms with Gasteiger partial charge in [0, 0.05) is 25.4 Å². The molecule has 0 aromatic carbocycles. The number of carbonyl (C=O) groups excluding carboxylic acids is 1. The molecular weight excluding hydrogens is 244 g/mol. The molecular formula is C12H14N6O. The lowest BCUT2D eigenvalue weighted by molar-refractivity contribution is 0.0944. The molecule has 0 saturated heterocycles. The normalized spacial score (nSPS) is 13.9. The van der Waals surface area contributed by atoms with Crippen molar-refractivity contribution in [2.24, 2.45) is 0 Å². The van der Waals surface area contributed by atoms with Crippen molar-refractivity contribution in [3.63, 3.8) is 0 Å². The van der Waals surface area contributed by atoms with Gasteiger partial charge < -0.3 is 9.88 Å². The number of aromatic nitrogens is 5. The number of hydrogen-bond acceptors (Lipinski definition) is 5. The molecule has 0 saturated carbocycles. The summed E-state index contributed by atoms with van der Waals surface area (Å²) in [4.78, 5) is 19.7. The van der Waals surface area contributed by atoms with Crippen molar-refractivity contribution in [2.45, 2.75) is 32.4 Å². The molecule has 2 aromatic rings. The minimum absolute atomic E-state index is 0.249. The lowest BCUT2D eigenvalue weighted by Crippen LogP contribution is -2.26. The minimum Gasteiger partial charge on any atom is -0.343 e. The van der Waals surface area contributed by atoms with Crippen LogP contribution in [0.25, 0.3) is 0 Å². The van der Waals surface area contributed by atoms with Gasteiger partial charge in [0.15, 0.2) is 5.82 Å². The Bertz CT molecular complexity index is 579. The summed E-state index contributed by atoms with van der Waals surface area (Å²) >= 11 is 0. The molecule has 0 fully saturated rings. The fourth-order valence-corrected chi connectivity index (χ4v) is 2.17. The quantitative estimate of drug-likeness (QED) is 0.857. The predicted octanol–water partition coefficient (Wildman–Crippen LogP) is 0.334. The van der Waals surface area contributed by atoms with Crippen LogP contribution in [0.15, 0.2) is 18.6 Å². The Labute approximate surface area is 110 Å². The van der Waals surface area contributed by atoms with E-state index in [1.54, 1.807) is 0 Å². The zero-order chi connectivity index (χ0) is 13.1. The fraction of sp³-hybridized carbons (Fsp3) is 0.417. The maximum absolute atomic E-state index is 11.8. The molecule has 0 spiro atoms. The van der Waals surface area contributed by atoms with E-state index < -0.39 is 0 Å². The predicted molar refractivity (Wildman–Crippen MR) is 66.2 cm³/mol. The Morgan fingerprint density at radius 3 is 3.11 bits per heavy atom. The van der Waals surface area contributed by atoms with Crippen LogP contribution in [0.5, 0.6) is 0 Å². The number of hydrogen-bond donors (Lipinski definition) is 1. The van der Waals surface area contributed by atoms with Gasteiger partial charge in [0.05, 0.1) is 12.7 Å². The Morgan fingerprint density at radius 1 is 1.32 bits per heavy atom. The van der Waals surface area contributed by atoms with Crippen LogP contribution in [0.4, 0.5) is 0 Å². The highest BCUT2D eigenvalue weighted by Crippen LogP contribution is 2.13. The van der Waals surface area contributed by atoms with Crippen molar-refractivity contribution in [2.75, 3.05) is 0 Å². The third kappa shape index (κ3) is 2.44. The Morgan fingerprint density at radius 2 is 2.26 bits per heavy atom. The average molecular weight is 258 g/mol. The molecule has 0 bridgehead atoms. The van der Waals surface area contributed by atoms with Crippen molar-refractivity contribution in [3.8, 4) is 0 Å². The Kier molecular flexibility index (Phi) is 3.18. The van der Waals surface area contributed by atoms with E-state index in [-0.39, 0.29) is 5.91 Å². The average Bonchev–Trinajstić information content (AvgIpc) is 2.89. The van der Waals surface area contributed by atoms with Gasteiger partial charge in [-0.05, 0) is 12.8 Å². The summed E-state index contributed by atoms with van der Waals surface area (Å²) in [6, 6.07) is 0. The van der Waals surface area contributed by atoms with Crippen molar-refractivity contribution in [3.05, 3.63) is 35.9 Å². The van der Waals surface area contributed by atoms with Crippen LogP contribution in [-0.4, -0.2) is 30.6 Å². The van der Waals surface area contributed by atoms with E-state index in [4.69, 9.17) is 0 Å². The molecule has 2 aromatic heterocycles. The number of carbonyl (C=O) groups is 1. The van der Waals surface area contributed by atoms with Crippen LogP contribution < -0.4 is 5.32 Å². The third-order valence-corrected chi connectivity index (χ3v) is 3.14. The van der Waals surface area contributed by atoms with E-state index >= 15 is 0 Å². The summed E-state index contributed by atoms with van der Waals surface area (Å²) < 4.78 is 2.08. The van der Waals surface area contributed by atoms with Gasteiger partial charge in [-0.1, -0.05) is 0 Å². The zero-order valence-electron chi connectivity index (χ0n) is 10.4. The van der Waals surface area contributed by atoms with E-state index in [2.05, 4.69) is 30.0 Å². The molecule has 1 aliphatic rings. The number of nitrogens with zero attached hydrogens (tertiary/aromatic N) is 5. The van der Waals surface area contributed by atoms with Crippen molar-refractivity contribution in [1.82, 2.24) is 30.0 Å². The molecule has 1 amide bonds. The number of amides is 1. The standard InChI is InChI=1S/C12H14N6O/c19-12(9-7-13-4-5-14-9)15-8-11-17-16-10-3-1-2-6-18(10)11/h4-5,7H,1-3,6,8H2,(H,15,19). The van der Waals surface area contributed by atoms with Gasteiger partial charge in [0.2, 0.25) is 0 Å². The first-order chi connectivity index (χ1) is 9.34. The zero-order valence-corrected chi connectivity index (χ0v) is 10.4. The van der Waals surface area contributed by atoms with Crippen molar-refractivity contribution < 1.29 is 4.79 Å². The highest BCUT2D eigenvalue weighted by atomic mass is 16.1. The summed E-state index contributed by atoms with van der Waals surface area (Å²) in [6.45, 7) is 1.29. The summed E-state index contributed by atoms with van der Waals surface area (Å²) in [5.41, 5.74) is 0.306. The molecule has 0 radical (unpaired) electrons. The number of rotatable bonds is 3. The molecule has 3 heterocycles. The smallest absolute Gasteiger partial charge is 0.271 e. The molecule has 98 valence electrons. The van der Waals surface area contributed by atoms with Gasteiger partial charge in [-0.3, -0.25) is 9.78 Å². The summed E-state index contributed by atoms with van der Waals surface area (Å²) in [7, 11) is 0. The molecule has 0 atom stereocenters. The molecule has 1 aliphatic heterocycles. The molecule has 3 rings (SSSR count). The van der Waals surface area contributed by atoms with Crippen molar-refractivity contribution in [1.29, 1.82) is 0 Å². The maximum atomic E-state index is 11.8. The monoisotopic (exact) mass is 258 g/mol. The van der Waals surface area contributed by atoms with E-state index in [0.29, 0.717) is 12.2 Å². The van der Waals surface area contributed by atoms with Gasteiger partial charge in [-0.25, -0.2) is 4.98 Å². The third-order valence-electron chi connectivity index (χ3n) is 3.14. The number of aryl methyl sites for hydroxylation is 1. The summed E-state index contributed by atoms with van der Waals surface area (Å²) in [5, 5.41) is 11.1. The van der Waals surface area contributed by atoms with Crippen LogP contribution >= 0.6 is 0 Å². The minimum atomic E-state index is -0.249. The first kappa shape index (κ1) is 11.8. The first-order valence-electron chi connectivity index (χ1n) is 6.30. The van der Waals surface area contributed by atoms with Gasteiger partial charge in [0.25, 0.3) is 5.91 Å². The molecule has 7 heteroatoms. The second kappa shape index (κ2) is 5.13. The lowest BCUT2D eigenvalue weighted by atomic mass is 10.2. The molecule has 0 unspecified atom stereocenters. The second-order valence-electron chi connectivity index (χ2n) is 4.41. The highest BCUT2D eigenvalue weighted by molar-refractivity contribution is 5.91. The van der Waals surface area contributed by atoms with Crippen LogP contribution in [0.3, 0.4) is 0 Å². The lowest BCUT2D eigenvalue weighted by Gasteiger charge is -2.14. The van der Waals surface area contributed by atoms with Crippen LogP contribution in [-0.2, 0) is 19.5 Å². The number of nitrogens with one attached hydrogen (secondary N) is 1. The molecule has 19 heavy (non-hydrogen) atoms. The SMILES string of the molecule is O=C(NCc1nnc2n1CCCC2)c1cnccn1. The van der Waals surface area contributed by atoms with Crippen LogP contribution in [0.2, 0.25) is 0 Å². The largest absolute Gasteiger partial charge is 0.343 e. The summed E-state index contributed by atoms with van der Waals surface area (Å²) in [6.07, 6.45) is 7.72. The van der Waals surface area contributed by atoms with Crippen molar-refractivity contribution >= 4 is 5.91 Å². The fourth-order valence-electron chi connectivity index (χ4n) is 2.17.